The van der Waals surface area contributed by atoms with Crippen molar-refractivity contribution in [3.05, 3.63) is 35.9 Å². The van der Waals surface area contributed by atoms with Crippen molar-refractivity contribution < 1.29 is 9.53 Å². The average Bonchev–Trinajstić information content (AvgIpc) is 2.37. The fourth-order valence-electron chi connectivity index (χ4n) is 1.38. The second-order valence-corrected chi connectivity index (χ2v) is 3.78. The molecule has 0 spiro atoms. The molecule has 0 saturated carbocycles. The first-order chi connectivity index (χ1) is 8.33. The molecule has 0 fully saturated rings. The maximum absolute atomic E-state index is 11.2. The standard InChI is InChI=1S/C13H20N2O2/c14-8-4-7-13(16)15-9-10-17-11-12-5-2-1-3-6-12/h1-3,5-6H,4,7-11,14H2,(H,15,16). The second-order valence-electron chi connectivity index (χ2n) is 3.78. The number of ether oxygens (including phenoxy) is 1. The Kier molecular flexibility index (Phi) is 7.02. The molecule has 0 aliphatic rings. The monoisotopic (exact) mass is 236 g/mol. The normalized spacial score (nSPS) is 10.2. The van der Waals surface area contributed by atoms with Gasteiger partial charge in [0.05, 0.1) is 13.2 Å². The van der Waals surface area contributed by atoms with E-state index in [4.69, 9.17) is 10.5 Å². The third-order valence-corrected chi connectivity index (χ3v) is 2.29. The molecule has 94 valence electrons. The average molecular weight is 236 g/mol. The molecule has 0 bridgehead atoms. The largest absolute Gasteiger partial charge is 0.375 e. The van der Waals surface area contributed by atoms with Crippen LogP contribution in [0.1, 0.15) is 18.4 Å². The van der Waals surface area contributed by atoms with E-state index in [0.717, 1.165) is 12.0 Å². The van der Waals surface area contributed by atoms with Gasteiger partial charge in [-0.3, -0.25) is 4.79 Å². The van der Waals surface area contributed by atoms with Crippen LogP contribution in [0.5, 0.6) is 0 Å². The van der Waals surface area contributed by atoms with Crippen LogP contribution >= 0.6 is 0 Å². The van der Waals surface area contributed by atoms with Crippen LogP contribution in [0.25, 0.3) is 0 Å². The molecule has 0 unspecified atom stereocenters. The van der Waals surface area contributed by atoms with Crippen molar-refractivity contribution in [1.29, 1.82) is 0 Å². The number of hydrogen-bond acceptors (Lipinski definition) is 3. The molecule has 3 N–H and O–H groups in total. The first kappa shape index (κ1) is 13.7. The maximum Gasteiger partial charge on any atom is 0.220 e. The highest BCUT2D eigenvalue weighted by molar-refractivity contribution is 5.75. The predicted octanol–water partition coefficient (Wildman–Crippen LogP) is 1.06. The van der Waals surface area contributed by atoms with E-state index < -0.39 is 0 Å². The molecular formula is C13H20N2O2. The molecular weight excluding hydrogens is 216 g/mol. The highest BCUT2D eigenvalue weighted by atomic mass is 16.5. The van der Waals surface area contributed by atoms with Crippen LogP contribution in [0.4, 0.5) is 0 Å². The quantitative estimate of drug-likeness (QED) is 0.663. The fraction of sp³-hybridized carbons (Fsp3) is 0.462. The van der Waals surface area contributed by atoms with Gasteiger partial charge in [-0.1, -0.05) is 30.3 Å². The molecule has 17 heavy (non-hydrogen) atoms. The summed E-state index contributed by atoms with van der Waals surface area (Å²) in [6.07, 6.45) is 1.23. The molecule has 0 aliphatic carbocycles. The summed E-state index contributed by atoms with van der Waals surface area (Å²) in [6, 6.07) is 9.96. The van der Waals surface area contributed by atoms with Gasteiger partial charge >= 0.3 is 0 Å². The van der Waals surface area contributed by atoms with Crippen molar-refractivity contribution in [3.8, 4) is 0 Å². The van der Waals surface area contributed by atoms with Gasteiger partial charge in [-0.2, -0.15) is 0 Å². The van der Waals surface area contributed by atoms with Gasteiger partial charge in [0, 0.05) is 13.0 Å². The number of hydrogen-bond donors (Lipinski definition) is 2. The summed E-state index contributed by atoms with van der Waals surface area (Å²) < 4.78 is 5.44. The number of benzene rings is 1. The topological polar surface area (TPSA) is 64.4 Å². The van der Waals surface area contributed by atoms with E-state index in [-0.39, 0.29) is 5.91 Å². The Hall–Kier alpha value is -1.39. The zero-order valence-electron chi connectivity index (χ0n) is 10.0. The van der Waals surface area contributed by atoms with Crippen molar-refractivity contribution in [3.63, 3.8) is 0 Å². The Morgan fingerprint density at radius 3 is 2.76 bits per heavy atom. The summed E-state index contributed by atoms with van der Waals surface area (Å²) in [5.41, 5.74) is 6.45. The molecule has 1 rings (SSSR count). The van der Waals surface area contributed by atoms with E-state index >= 15 is 0 Å². The van der Waals surface area contributed by atoms with Crippen LogP contribution in [0.3, 0.4) is 0 Å². The van der Waals surface area contributed by atoms with Crippen LogP contribution in [-0.4, -0.2) is 25.6 Å². The second kappa shape index (κ2) is 8.73. The van der Waals surface area contributed by atoms with Crippen molar-refractivity contribution in [2.24, 2.45) is 5.73 Å². The lowest BCUT2D eigenvalue weighted by molar-refractivity contribution is -0.121. The number of amides is 1. The molecule has 0 radical (unpaired) electrons. The van der Waals surface area contributed by atoms with Crippen LogP contribution in [0.15, 0.2) is 30.3 Å². The van der Waals surface area contributed by atoms with Crippen LogP contribution in [-0.2, 0) is 16.1 Å². The van der Waals surface area contributed by atoms with Crippen LogP contribution < -0.4 is 11.1 Å². The third kappa shape index (κ3) is 6.71. The smallest absolute Gasteiger partial charge is 0.220 e. The SMILES string of the molecule is NCCCC(=O)NCCOCc1ccccc1. The van der Waals surface area contributed by atoms with Gasteiger partial charge in [-0.15, -0.1) is 0 Å². The minimum Gasteiger partial charge on any atom is -0.375 e. The van der Waals surface area contributed by atoms with Gasteiger partial charge in [-0.05, 0) is 18.5 Å². The number of carbonyl (C=O) groups excluding carboxylic acids is 1. The summed E-state index contributed by atoms with van der Waals surface area (Å²) in [6.45, 7) is 2.22. The molecule has 4 heteroatoms. The predicted molar refractivity (Wildman–Crippen MR) is 67.4 cm³/mol. The number of nitrogens with one attached hydrogen (secondary N) is 1. The molecule has 4 nitrogen and oxygen atoms in total. The van der Waals surface area contributed by atoms with Crippen molar-refractivity contribution in [1.82, 2.24) is 5.32 Å². The highest BCUT2D eigenvalue weighted by Crippen LogP contribution is 1.99. The summed E-state index contributed by atoms with van der Waals surface area (Å²) in [5.74, 6) is 0.0405. The zero-order chi connectivity index (χ0) is 12.3. The van der Waals surface area contributed by atoms with Gasteiger partial charge in [0.1, 0.15) is 0 Å². The van der Waals surface area contributed by atoms with Crippen LogP contribution in [0, 0.1) is 0 Å². The maximum atomic E-state index is 11.2. The summed E-state index contributed by atoms with van der Waals surface area (Å²) in [4.78, 5) is 11.2. The van der Waals surface area contributed by atoms with Gasteiger partial charge in [0.15, 0.2) is 0 Å². The number of nitrogens with two attached hydrogens (primary N) is 1. The van der Waals surface area contributed by atoms with E-state index in [0.29, 0.717) is 32.7 Å². The minimum atomic E-state index is 0.0405. The summed E-state index contributed by atoms with van der Waals surface area (Å²) >= 11 is 0. The van der Waals surface area contributed by atoms with Gasteiger partial charge in [0.25, 0.3) is 0 Å². The summed E-state index contributed by atoms with van der Waals surface area (Å²) in [5, 5.41) is 2.78. The van der Waals surface area contributed by atoms with Crippen LogP contribution in [0.2, 0.25) is 0 Å². The van der Waals surface area contributed by atoms with Gasteiger partial charge < -0.3 is 15.8 Å². The van der Waals surface area contributed by atoms with Crippen molar-refractivity contribution in [2.45, 2.75) is 19.4 Å². The van der Waals surface area contributed by atoms with Crippen molar-refractivity contribution >= 4 is 5.91 Å². The molecule has 0 aromatic heterocycles. The van der Waals surface area contributed by atoms with E-state index in [2.05, 4.69) is 5.32 Å². The Balaban J connectivity index is 1.99. The first-order valence-corrected chi connectivity index (χ1v) is 5.91. The third-order valence-electron chi connectivity index (χ3n) is 2.29. The van der Waals surface area contributed by atoms with Gasteiger partial charge in [-0.25, -0.2) is 0 Å². The Labute approximate surface area is 102 Å². The molecule has 0 atom stereocenters. The Bertz CT molecular complexity index is 314. The molecule has 0 heterocycles. The molecule has 1 aromatic carbocycles. The highest BCUT2D eigenvalue weighted by Gasteiger charge is 1.98. The van der Waals surface area contributed by atoms with Gasteiger partial charge in [0.2, 0.25) is 5.91 Å². The fourth-order valence-corrected chi connectivity index (χ4v) is 1.38. The lowest BCUT2D eigenvalue weighted by Crippen LogP contribution is -2.27. The molecule has 1 aromatic rings. The van der Waals surface area contributed by atoms with Crippen molar-refractivity contribution in [2.75, 3.05) is 19.7 Å². The number of carbonyl (C=O) groups is 1. The number of rotatable bonds is 8. The molecule has 0 aliphatic heterocycles. The summed E-state index contributed by atoms with van der Waals surface area (Å²) in [7, 11) is 0. The van der Waals surface area contributed by atoms with E-state index in [9.17, 15) is 4.79 Å². The van der Waals surface area contributed by atoms with E-state index in [1.165, 1.54) is 0 Å². The lowest BCUT2D eigenvalue weighted by Gasteiger charge is -2.06. The lowest BCUT2D eigenvalue weighted by atomic mass is 10.2. The Morgan fingerprint density at radius 1 is 1.29 bits per heavy atom. The molecule has 0 saturated heterocycles. The van der Waals surface area contributed by atoms with E-state index in [1.54, 1.807) is 0 Å². The zero-order valence-corrected chi connectivity index (χ0v) is 10.0. The first-order valence-electron chi connectivity index (χ1n) is 5.91. The minimum absolute atomic E-state index is 0.0405. The molecule has 1 amide bonds. The van der Waals surface area contributed by atoms with E-state index in [1.807, 2.05) is 30.3 Å². The Morgan fingerprint density at radius 2 is 2.06 bits per heavy atom.